The Bertz CT molecular complexity index is 621. The number of halogens is 1. The first-order valence-corrected chi connectivity index (χ1v) is 8.80. The van der Waals surface area contributed by atoms with Crippen molar-refractivity contribution in [2.24, 2.45) is 4.99 Å². The fourth-order valence-electron chi connectivity index (χ4n) is 2.37. The number of rotatable bonds is 9. The van der Waals surface area contributed by atoms with Gasteiger partial charge in [0, 0.05) is 46.2 Å². The minimum atomic E-state index is -0.178. The van der Waals surface area contributed by atoms with Crippen molar-refractivity contribution >= 4 is 41.8 Å². The Morgan fingerprint density at radius 1 is 1.15 bits per heavy atom. The van der Waals surface area contributed by atoms with Crippen LogP contribution in [0.5, 0.6) is 0 Å². The molecule has 1 amide bonds. The van der Waals surface area contributed by atoms with Gasteiger partial charge in [0.1, 0.15) is 0 Å². The Morgan fingerprint density at radius 2 is 1.85 bits per heavy atom. The van der Waals surface area contributed by atoms with Gasteiger partial charge in [-0.05, 0) is 37.0 Å². The molecule has 1 rings (SSSR count). The molecular weight excluding hydrogens is 459 g/mol. The Kier molecular flexibility index (Phi) is 13.3. The van der Waals surface area contributed by atoms with Crippen molar-refractivity contribution in [3.05, 3.63) is 35.4 Å². The van der Waals surface area contributed by atoms with Gasteiger partial charge in [0.15, 0.2) is 5.96 Å². The highest BCUT2D eigenvalue weighted by atomic mass is 127. The lowest BCUT2D eigenvalue weighted by atomic mass is 10.1. The van der Waals surface area contributed by atoms with E-state index >= 15 is 0 Å². The fourth-order valence-corrected chi connectivity index (χ4v) is 2.37. The van der Waals surface area contributed by atoms with Gasteiger partial charge in [-0.2, -0.15) is 0 Å². The quantitative estimate of drug-likeness (QED) is 0.182. The third-order valence-electron chi connectivity index (χ3n) is 3.84. The van der Waals surface area contributed by atoms with E-state index in [0.29, 0.717) is 18.5 Å². The first-order chi connectivity index (χ1) is 12.5. The number of esters is 1. The zero-order valence-corrected chi connectivity index (χ0v) is 18.9. The summed E-state index contributed by atoms with van der Waals surface area (Å²) in [5.41, 5.74) is 1.79. The molecule has 0 atom stereocenters. The number of guanidine groups is 1. The Hall–Kier alpha value is -1.84. The predicted molar refractivity (Wildman–Crippen MR) is 119 cm³/mol. The second-order valence-corrected chi connectivity index (χ2v) is 6.11. The molecule has 152 valence electrons. The van der Waals surface area contributed by atoms with Crippen molar-refractivity contribution in [2.75, 3.05) is 41.3 Å². The molecule has 0 bridgehead atoms. The molecule has 0 heterocycles. The van der Waals surface area contributed by atoms with E-state index in [4.69, 9.17) is 0 Å². The zero-order chi connectivity index (χ0) is 19.4. The first kappa shape index (κ1) is 25.2. The number of hydrogen-bond donors (Lipinski definition) is 2. The van der Waals surface area contributed by atoms with Crippen LogP contribution in [-0.2, 0) is 16.0 Å². The van der Waals surface area contributed by atoms with E-state index in [1.807, 2.05) is 24.3 Å². The third-order valence-corrected chi connectivity index (χ3v) is 3.84. The van der Waals surface area contributed by atoms with Crippen molar-refractivity contribution in [1.29, 1.82) is 0 Å². The van der Waals surface area contributed by atoms with Crippen LogP contribution in [0.1, 0.15) is 35.2 Å². The highest BCUT2D eigenvalue weighted by Crippen LogP contribution is 2.07. The van der Waals surface area contributed by atoms with E-state index in [0.717, 1.165) is 37.3 Å². The number of unbranched alkanes of at least 4 members (excludes halogenated alkanes) is 1. The molecule has 0 saturated carbocycles. The van der Waals surface area contributed by atoms with Gasteiger partial charge >= 0.3 is 5.97 Å². The molecule has 0 unspecified atom stereocenters. The van der Waals surface area contributed by atoms with Crippen LogP contribution >= 0.6 is 24.0 Å². The number of hydrogen-bond acceptors (Lipinski definition) is 4. The van der Waals surface area contributed by atoms with Gasteiger partial charge < -0.3 is 20.3 Å². The normalized spacial score (nSPS) is 10.6. The molecule has 0 radical (unpaired) electrons. The summed E-state index contributed by atoms with van der Waals surface area (Å²) in [6.45, 7) is 1.45. The fraction of sp³-hybridized carbons (Fsp3) is 0.526. The van der Waals surface area contributed by atoms with Crippen molar-refractivity contribution in [3.63, 3.8) is 0 Å². The average Bonchev–Trinajstić information content (AvgIpc) is 2.65. The molecule has 0 aromatic heterocycles. The summed E-state index contributed by atoms with van der Waals surface area (Å²) in [6.07, 6.45) is 2.87. The summed E-state index contributed by atoms with van der Waals surface area (Å²) in [5.74, 6) is 0.551. The lowest BCUT2D eigenvalue weighted by Gasteiger charge is -2.13. The second kappa shape index (κ2) is 14.2. The van der Waals surface area contributed by atoms with Crippen LogP contribution in [0, 0.1) is 0 Å². The van der Waals surface area contributed by atoms with E-state index in [9.17, 15) is 9.59 Å². The topological polar surface area (TPSA) is 83.0 Å². The molecule has 0 saturated heterocycles. The van der Waals surface area contributed by atoms with E-state index in [-0.39, 0.29) is 35.9 Å². The minimum absolute atomic E-state index is 0. The summed E-state index contributed by atoms with van der Waals surface area (Å²) in [4.78, 5) is 28.8. The summed E-state index contributed by atoms with van der Waals surface area (Å²) in [7, 11) is 6.62. The van der Waals surface area contributed by atoms with Crippen LogP contribution in [0.3, 0.4) is 0 Å². The van der Waals surface area contributed by atoms with E-state index in [1.54, 1.807) is 26.0 Å². The molecule has 0 spiro atoms. The standard InChI is InChI=1S/C19H30N4O3.HI/c1-20-19(21-12-6-5-10-17(24)26-4)22-13-11-15-8-7-9-16(14-15)18(25)23(2)3;/h7-9,14H,5-6,10-13H2,1-4H3,(H2,20,21,22);1H. The molecule has 1 aromatic rings. The van der Waals surface area contributed by atoms with Crippen LogP contribution in [0.25, 0.3) is 0 Å². The summed E-state index contributed by atoms with van der Waals surface area (Å²) in [6, 6.07) is 7.67. The van der Waals surface area contributed by atoms with Gasteiger partial charge in [0.05, 0.1) is 7.11 Å². The van der Waals surface area contributed by atoms with Crippen LogP contribution in [0.4, 0.5) is 0 Å². The lowest BCUT2D eigenvalue weighted by molar-refractivity contribution is -0.140. The average molecular weight is 490 g/mol. The van der Waals surface area contributed by atoms with Crippen LogP contribution in [0.15, 0.2) is 29.3 Å². The van der Waals surface area contributed by atoms with Crippen LogP contribution in [-0.4, -0.2) is 64.1 Å². The number of carbonyl (C=O) groups is 2. The molecule has 8 heteroatoms. The maximum atomic E-state index is 12.0. The molecule has 0 aliphatic heterocycles. The van der Waals surface area contributed by atoms with Gasteiger partial charge in [0.25, 0.3) is 5.91 Å². The lowest BCUT2D eigenvalue weighted by Crippen LogP contribution is -2.38. The molecule has 2 N–H and O–H groups in total. The Morgan fingerprint density at radius 3 is 2.48 bits per heavy atom. The summed E-state index contributed by atoms with van der Waals surface area (Å²) >= 11 is 0. The van der Waals surface area contributed by atoms with E-state index in [1.165, 1.54) is 7.11 Å². The smallest absolute Gasteiger partial charge is 0.305 e. The number of aliphatic imine (C=N–C) groups is 1. The third kappa shape index (κ3) is 10.2. The van der Waals surface area contributed by atoms with Gasteiger partial charge in [-0.1, -0.05) is 12.1 Å². The largest absolute Gasteiger partial charge is 0.469 e. The van der Waals surface area contributed by atoms with Crippen molar-refractivity contribution in [1.82, 2.24) is 15.5 Å². The Balaban J connectivity index is 0.00000676. The molecule has 0 fully saturated rings. The van der Waals surface area contributed by atoms with Gasteiger partial charge in [-0.15, -0.1) is 24.0 Å². The molecule has 0 aliphatic rings. The van der Waals surface area contributed by atoms with Crippen molar-refractivity contribution < 1.29 is 14.3 Å². The number of benzene rings is 1. The monoisotopic (exact) mass is 490 g/mol. The maximum absolute atomic E-state index is 12.0. The van der Waals surface area contributed by atoms with Crippen molar-refractivity contribution in [2.45, 2.75) is 25.7 Å². The first-order valence-electron chi connectivity index (χ1n) is 8.80. The predicted octanol–water partition coefficient (Wildman–Crippen LogP) is 2.06. The summed E-state index contributed by atoms with van der Waals surface area (Å²) < 4.78 is 4.61. The van der Waals surface area contributed by atoms with Gasteiger partial charge in [-0.25, -0.2) is 0 Å². The zero-order valence-electron chi connectivity index (χ0n) is 16.6. The number of nitrogens with one attached hydrogen (secondary N) is 2. The highest BCUT2D eigenvalue weighted by Gasteiger charge is 2.08. The molecule has 0 aliphatic carbocycles. The van der Waals surface area contributed by atoms with Gasteiger partial charge in [-0.3, -0.25) is 14.6 Å². The number of carbonyl (C=O) groups excluding carboxylic acids is 2. The van der Waals surface area contributed by atoms with Crippen molar-refractivity contribution in [3.8, 4) is 0 Å². The number of amides is 1. The maximum Gasteiger partial charge on any atom is 0.305 e. The van der Waals surface area contributed by atoms with E-state index < -0.39 is 0 Å². The SMILES string of the molecule is CN=C(NCCCCC(=O)OC)NCCc1cccc(C(=O)N(C)C)c1.I. The molecule has 27 heavy (non-hydrogen) atoms. The molecule has 1 aromatic carbocycles. The summed E-state index contributed by atoms with van der Waals surface area (Å²) in [5, 5.41) is 6.47. The van der Waals surface area contributed by atoms with Crippen LogP contribution < -0.4 is 10.6 Å². The van der Waals surface area contributed by atoms with E-state index in [2.05, 4.69) is 20.4 Å². The number of nitrogens with zero attached hydrogens (tertiary/aromatic N) is 2. The number of ether oxygens (including phenoxy) is 1. The Labute approximate surface area is 179 Å². The van der Waals surface area contributed by atoms with Gasteiger partial charge in [0.2, 0.25) is 0 Å². The molecule has 7 nitrogen and oxygen atoms in total. The number of methoxy groups -OCH3 is 1. The molecular formula is C19H31IN4O3. The minimum Gasteiger partial charge on any atom is -0.469 e. The highest BCUT2D eigenvalue weighted by molar-refractivity contribution is 14.0. The second-order valence-electron chi connectivity index (χ2n) is 6.11. The van der Waals surface area contributed by atoms with Crippen LogP contribution in [0.2, 0.25) is 0 Å².